The molecule has 0 radical (unpaired) electrons. The van der Waals surface area contributed by atoms with E-state index in [4.69, 9.17) is 13.7 Å². The minimum Gasteiger partial charge on any atom is -0.461 e. The van der Waals surface area contributed by atoms with Gasteiger partial charge in [-0.2, -0.15) is 0 Å². The van der Waals surface area contributed by atoms with E-state index in [1.54, 1.807) is 24.5 Å². The lowest BCUT2D eigenvalue weighted by atomic mass is 10.3. The summed E-state index contributed by atoms with van der Waals surface area (Å²) in [5.41, 5.74) is 0.620. The Morgan fingerprint density at radius 3 is 3.11 bits per heavy atom. The third-order valence-electron chi connectivity index (χ3n) is 2.38. The van der Waals surface area contributed by atoms with Crippen molar-refractivity contribution in [2.75, 3.05) is 13.2 Å². The van der Waals surface area contributed by atoms with Gasteiger partial charge >= 0.3 is 0 Å². The molecule has 0 aliphatic carbocycles. The maximum absolute atomic E-state index is 11.3. The van der Waals surface area contributed by atoms with Crippen LogP contribution in [-0.2, 0) is 16.1 Å². The molecule has 1 N–H and O–H groups in total. The minimum absolute atomic E-state index is 0.0168. The van der Waals surface area contributed by atoms with E-state index in [9.17, 15) is 4.79 Å². The molecule has 0 bridgehead atoms. The lowest BCUT2D eigenvalue weighted by molar-refractivity contribution is -0.126. The molecule has 2 aromatic rings. The van der Waals surface area contributed by atoms with Gasteiger partial charge in [-0.3, -0.25) is 4.79 Å². The van der Waals surface area contributed by atoms with Crippen molar-refractivity contribution in [2.45, 2.75) is 20.0 Å². The second kappa shape index (κ2) is 6.75. The van der Waals surface area contributed by atoms with Gasteiger partial charge in [-0.25, -0.2) is 0 Å². The Balaban J connectivity index is 1.76. The lowest BCUT2D eigenvalue weighted by Gasteiger charge is -2.02. The molecular formula is C13H16N2O4. The Hall–Kier alpha value is -2.08. The molecule has 2 rings (SSSR count). The highest BCUT2D eigenvalue weighted by atomic mass is 16.5. The van der Waals surface area contributed by atoms with Crippen molar-refractivity contribution in [2.24, 2.45) is 0 Å². The van der Waals surface area contributed by atoms with Crippen LogP contribution in [0.15, 0.2) is 33.4 Å². The van der Waals surface area contributed by atoms with Crippen LogP contribution in [0.4, 0.5) is 0 Å². The van der Waals surface area contributed by atoms with Crippen LogP contribution in [0, 0.1) is 0 Å². The van der Waals surface area contributed by atoms with Gasteiger partial charge in [0.05, 0.1) is 12.9 Å². The molecule has 0 spiro atoms. The van der Waals surface area contributed by atoms with E-state index in [-0.39, 0.29) is 19.1 Å². The molecule has 19 heavy (non-hydrogen) atoms. The van der Waals surface area contributed by atoms with Crippen LogP contribution in [0.2, 0.25) is 0 Å². The first-order chi connectivity index (χ1) is 9.29. The summed E-state index contributed by atoms with van der Waals surface area (Å²) in [7, 11) is 0. The van der Waals surface area contributed by atoms with Crippen molar-refractivity contribution in [1.29, 1.82) is 0 Å². The van der Waals surface area contributed by atoms with E-state index in [1.807, 2.05) is 6.92 Å². The summed E-state index contributed by atoms with van der Waals surface area (Å²) in [4.78, 5) is 11.3. The number of hydrogen-bond acceptors (Lipinski definition) is 5. The van der Waals surface area contributed by atoms with Crippen LogP contribution in [0.25, 0.3) is 11.5 Å². The Morgan fingerprint density at radius 2 is 2.37 bits per heavy atom. The number of nitrogens with zero attached hydrogens (tertiary/aromatic N) is 1. The summed E-state index contributed by atoms with van der Waals surface area (Å²) in [6, 6.07) is 5.28. The summed E-state index contributed by atoms with van der Waals surface area (Å²) in [6.07, 6.45) is 2.47. The fourth-order valence-electron chi connectivity index (χ4n) is 1.48. The quantitative estimate of drug-likeness (QED) is 0.827. The lowest BCUT2D eigenvalue weighted by Crippen LogP contribution is -2.28. The summed E-state index contributed by atoms with van der Waals surface area (Å²) in [5, 5.41) is 6.56. The zero-order chi connectivity index (χ0) is 13.5. The molecule has 6 nitrogen and oxygen atoms in total. The molecule has 0 fully saturated rings. The van der Waals surface area contributed by atoms with Gasteiger partial charge in [0.25, 0.3) is 0 Å². The van der Waals surface area contributed by atoms with E-state index >= 15 is 0 Å². The predicted octanol–water partition coefficient (Wildman–Crippen LogP) is 1.98. The van der Waals surface area contributed by atoms with Crippen LogP contribution in [0.3, 0.4) is 0 Å². The zero-order valence-corrected chi connectivity index (χ0v) is 10.7. The number of carbonyl (C=O) groups is 1. The first kappa shape index (κ1) is 13.4. The van der Waals surface area contributed by atoms with Gasteiger partial charge in [0.1, 0.15) is 12.3 Å². The van der Waals surface area contributed by atoms with Crippen LogP contribution in [0.5, 0.6) is 0 Å². The van der Waals surface area contributed by atoms with Gasteiger partial charge in [0.2, 0.25) is 11.7 Å². The molecule has 0 saturated carbocycles. The molecular weight excluding hydrogens is 248 g/mol. The van der Waals surface area contributed by atoms with Gasteiger partial charge < -0.3 is 19.0 Å². The van der Waals surface area contributed by atoms with E-state index in [0.29, 0.717) is 23.8 Å². The standard InChI is InChI=1S/C13H16N2O4/c1-2-5-14-13(16)9-17-8-10-7-12(19-15-10)11-4-3-6-18-11/h3-4,6-7H,2,5,8-9H2,1H3,(H,14,16). The van der Waals surface area contributed by atoms with E-state index in [2.05, 4.69) is 10.5 Å². The predicted molar refractivity (Wildman–Crippen MR) is 67.2 cm³/mol. The first-order valence-electron chi connectivity index (χ1n) is 6.13. The average molecular weight is 264 g/mol. The van der Waals surface area contributed by atoms with Gasteiger partial charge in [-0.1, -0.05) is 12.1 Å². The maximum Gasteiger partial charge on any atom is 0.246 e. The van der Waals surface area contributed by atoms with Gasteiger partial charge in [-0.15, -0.1) is 0 Å². The number of carbonyl (C=O) groups excluding carboxylic acids is 1. The number of aromatic nitrogens is 1. The molecule has 6 heteroatoms. The number of furan rings is 1. The topological polar surface area (TPSA) is 77.5 Å². The summed E-state index contributed by atoms with van der Waals surface area (Å²) < 4.78 is 15.5. The van der Waals surface area contributed by atoms with Crippen molar-refractivity contribution in [3.63, 3.8) is 0 Å². The number of amides is 1. The SMILES string of the molecule is CCCNC(=O)COCc1cc(-c2ccco2)on1. The van der Waals surface area contributed by atoms with Crippen molar-refractivity contribution < 1.29 is 18.5 Å². The Bertz CT molecular complexity index is 504. The van der Waals surface area contributed by atoms with Crippen LogP contribution in [-0.4, -0.2) is 24.2 Å². The third-order valence-corrected chi connectivity index (χ3v) is 2.38. The third kappa shape index (κ3) is 3.96. The maximum atomic E-state index is 11.3. The van der Waals surface area contributed by atoms with E-state index in [0.717, 1.165) is 6.42 Å². The van der Waals surface area contributed by atoms with Crippen LogP contribution in [0.1, 0.15) is 19.0 Å². The molecule has 2 heterocycles. The van der Waals surface area contributed by atoms with Crippen molar-refractivity contribution >= 4 is 5.91 Å². The summed E-state index contributed by atoms with van der Waals surface area (Å²) >= 11 is 0. The fraction of sp³-hybridized carbons (Fsp3) is 0.385. The van der Waals surface area contributed by atoms with Crippen molar-refractivity contribution in [1.82, 2.24) is 10.5 Å². The summed E-state index contributed by atoms with van der Waals surface area (Å²) in [5.74, 6) is 1.02. The van der Waals surface area contributed by atoms with Crippen molar-refractivity contribution in [3.8, 4) is 11.5 Å². The Labute approximate surface area is 110 Å². The molecule has 1 amide bonds. The van der Waals surface area contributed by atoms with E-state index in [1.165, 1.54) is 0 Å². The molecule has 2 aromatic heterocycles. The largest absolute Gasteiger partial charge is 0.461 e. The molecule has 0 aromatic carbocycles. The van der Waals surface area contributed by atoms with E-state index < -0.39 is 0 Å². The van der Waals surface area contributed by atoms with Crippen molar-refractivity contribution in [3.05, 3.63) is 30.2 Å². The Morgan fingerprint density at radius 1 is 1.47 bits per heavy atom. The number of rotatable bonds is 7. The first-order valence-corrected chi connectivity index (χ1v) is 6.13. The van der Waals surface area contributed by atoms with Gasteiger partial charge in [0.15, 0.2) is 5.76 Å². The highest BCUT2D eigenvalue weighted by molar-refractivity contribution is 5.77. The zero-order valence-electron chi connectivity index (χ0n) is 10.7. The molecule has 102 valence electrons. The minimum atomic E-state index is -0.128. The van der Waals surface area contributed by atoms with Gasteiger partial charge in [0, 0.05) is 12.6 Å². The molecule has 0 atom stereocenters. The normalized spacial score (nSPS) is 10.6. The second-order valence-corrected chi connectivity index (χ2v) is 4.00. The molecule has 0 saturated heterocycles. The van der Waals surface area contributed by atoms with Crippen LogP contribution >= 0.6 is 0 Å². The monoisotopic (exact) mass is 264 g/mol. The highest BCUT2D eigenvalue weighted by Gasteiger charge is 2.09. The fourth-order valence-corrected chi connectivity index (χ4v) is 1.48. The summed E-state index contributed by atoms with van der Waals surface area (Å²) in [6.45, 7) is 2.90. The number of nitrogens with one attached hydrogen (secondary N) is 1. The smallest absolute Gasteiger partial charge is 0.246 e. The number of hydrogen-bond donors (Lipinski definition) is 1. The molecule has 0 aliphatic rings. The average Bonchev–Trinajstić information content (AvgIpc) is 3.06. The Kier molecular flexibility index (Phi) is 4.74. The number of ether oxygens (including phenoxy) is 1. The van der Waals surface area contributed by atoms with Crippen LogP contribution < -0.4 is 5.32 Å². The second-order valence-electron chi connectivity index (χ2n) is 4.00. The molecule has 0 unspecified atom stereocenters. The van der Waals surface area contributed by atoms with Gasteiger partial charge in [-0.05, 0) is 18.6 Å². The molecule has 0 aliphatic heterocycles. The highest BCUT2D eigenvalue weighted by Crippen LogP contribution is 2.20.